The van der Waals surface area contributed by atoms with Gasteiger partial charge in [0.2, 0.25) is 0 Å². The van der Waals surface area contributed by atoms with E-state index in [1.165, 1.54) is 13.3 Å². The van der Waals surface area contributed by atoms with Crippen molar-refractivity contribution in [2.75, 3.05) is 0 Å². The van der Waals surface area contributed by atoms with Gasteiger partial charge in [-0.1, -0.05) is 12.1 Å². The molecule has 0 aliphatic carbocycles. The first kappa shape index (κ1) is 12.1. The van der Waals surface area contributed by atoms with Gasteiger partial charge in [0.05, 0.1) is 0 Å². The third-order valence-electron chi connectivity index (χ3n) is 2.56. The fraction of sp³-hybridized carbons (Fsp3) is 0.231. The number of halogens is 1. The quantitative estimate of drug-likeness (QED) is 0.815. The SMILES string of the molecule is Cc1cc(C(O)c2ccc(I)cc2)c(C)s1. The average Bonchev–Trinajstić information content (AvgIpc) is 2.58. The second-order valence-corrected chi connectivity index (χ2v) is 6.53. The molecule has 0 aliphatic rings. The Kier molecular flexibility index (Phi) is 3.66. The summed E-state index contributed by atoms with van der Waals surface area (Å²) in [6.07, 6.45) is -0.498. The van der Waals surface area contributed by atoms with Gasteiger partial charge in [0.1, 0.15) is 6.10 Å². The van der Waals surface area contributed by atoms with Crippen LogP contribution in [-0.2, 0) is 0 Å². The van der Waals surface area contributed by atoms with Crippen molar-refractivity contribution in [3.8, 4) is 0 Å². The van der Waals surface area contributed by atoms with Gasteiger partial charge in [-0.2, -0.15) is 0 Å². The van der Waals surface area contributed by atoms with Crippen molar-refractivity contribution in [3.05, 3.63) is 54.8 Å². The Morgan fingerprint density at radius 2 is 1.81 bits per heavy atom. The Balaban J connectivity index is 2.35. The first-order valence-electron chi connectivity index (χ1n) is 5.08. The monoisotopic (exact) mass is 344 g/mol. The molecule has 3 heteroatoms. The molecule has 1 nitrogen and oxygen atoms in total. The molecule has 16 heavy (non-hydrogen) atoms. The van der Waals surface area contributed by atoms with Crippen LogP contribution in [0.15, 0.2) is 30.3 Å². The number of benzene rings is 1. The van der Waals surface area contributed by atoms with Crippen LogP contribution in [0.25, 0.3) is 0 Å². The highest BCUT2D eigenvalue weighted by atomic mass is 127. The van der Waals surface area contributed by atoms with Crippen LogP contribution in [0.4, 0.5) is 0 Å². The first-order valence-corrected chi connectivity index (χ1v) is 6.98. The molecule has 1 heterocycles. The van der Waals surface area contributed by atoms with E-state index in [1.807, 2.05) is 24.3 Å². The lowest BCUT2D eigenvalue weighted by Gasteiger charge is -2.10. The molecule has 0 fully saturated rings. The van der Waals surface area contributed by atoms with E-state index >= 15 is 0 Å². The van der Waals surface area contributed by atoms with Gasteiger partial charge in [-0.15, -0.1) is 11.3 Å². The Labute approximate surface area is 113 Å². The molecule has 1 atom stereocenters. The molecule has 1 aromatic heterocycles. The number of thiophene rings is 1. The molecule has 1 aromatic carbocycles. The van der Waals surface area contributed by atoms with Gasteiger partial charge < -0.3 is 5.11 Å². The number of aryl methyl sites for hydroxylation is 2. The van der Waals surface area contributed by atoms with E-state index in [0.29, 0.717) is 0 Å². The largest absolute Gasteiger partial charge is 0.384 e. The van der Waals surface area contributed by atoms with E-state index in [1.54, 1.807) is 11.3 Å². The maximum atomic E-state index is 10.3. The third kappa shape index (κ3) is 2.47. The summed E-state index contributed by atoms with van der Waals surface area (Å²) in [4.78, 5) is 2.45. The maximum Gasteiger partial charge on any atom is 0.105 e. The molecule has 2 aromatic rings. The molecule has 1 unspecified atom stereocenters. The molecule has 84 valence electrons. The number of aliphatic hydroxyl groups excluding tert-OH is 1. The van der Waals surface area contributed by atoms with Gasteiger partial charge >= 0.3 is 0 Å². The molecule has 0 saturated heterocycles. The number of hydrogen-bond acceptors (Lipinski definition) is 2. The Morgan fingerprint density at radius 1 is 1.19 bits per heavy atom. The molecule has 1 N–H and O–H groups in total. The predicted molar refractivity (Wildman–Crippen MR) is 77.0 cm³/mol. The topological polar surface area (TPSA) is 20.2 Å². The van der Waals surface area contributed by atoms with Gasteiger partial charge in [0, 0.05) is 13.3 Å². The number of rotatable bonds is 2. The van der Waals surface area contributed by atoms with E-state index in [0.717, 1.165) is 11.1 Å². The van der Waals surface area contributed by atoms with Gasteiger partial charge in [0.25, 0.3) is 0 Å². The van der Waals surface area contributed by atoms with Gasteiger partial charge in [0.15, 0.2) is 0 Å². The van der Waals surface area contributed by atoms with Crippen LogP contribution >= 0.6 is 33.9 Å². The summed E-state index contributed by atoms with van der Waals surface area (Å²) in [5.74, 6) is 0. The van der Waals surface area contributed by atoms with Gasteiger partial charge in [-0.25, -0.2) is 0 Å². The van der Waals surface area contributed by atoms with Crippen LogP contribution < -0.4 is 0 Å². The summed E-state index contributed by atoms with van der Waals surface area (Å²) < 4.78 is 1.19. The van der Waals surface area contributed by atoms with E-state index in [-0.39, 0.29) is 0 Å². The van der Waals surface area contributed by atoms with Crippen LogP contribution in [0.2, 0.25) is 0 Å². The second-order valence-electron chi connectivity index (χ2n) is 3.82. The normalized spacial score (nSPS) is 12.8. The smallest absolute Gasteiger partial charge is 0.105 e. The standard InChI is InChI=1S/C13H13IOS/c1-8-7-12(9(2)16-8)13(15)10-3-5-11(14)6-4-10/h3-7,13,15H,1-2H3. The zero-order valence-corrected chi connectivity index (χ0v) is 12.2. The summed E-state index contributed by atoms with van der Waals surface area (Å²) in [5.41, 5.74) is 1.99. The lowest BCUT2D eigenvalue weighted by atomic mass is 10.0. The lowest BCUT2D eigenvalue weighted by Crippen LogP contribution is -1.99. The van der Waals surface area contributed by atoms with Crippen molar-refractivity contribution in [2.24, 2.45) is 0 Å². The first-order chi connectivity index (χ1) is 7.58. The summed E-state index contributed by atoms with van der Waals surface area (Å²) in [6, 6.07) is 10.1. The highest BCUT2D eigenvalue weighted by Crippen LogP contribution is 2.30. The highest BCUT2D eigenvalue weighted by molar-refractivity contribution is 14.1. The maximum absolute atomic E-state index is 10.3. The molecule has 0 saturated carbocycles. The number of aliphatic hydroxyl groups is 1. The average molecular weight is 344 g/mol. The molecular formula is C13H13IOS. The molecular weight excluding hydrogens is 331 g/mol. The highest BCUT2D eigenvalue weighted by Gasteiger charge is 2.14. The number of hydrogen-bond donors (Lipinski definition) is 1. The minimum atomic E-state index is -0.498. The van der Waals surface area contributed by atoms with Crippen molar-refractivity contribution >= 4 is 33.9 Å². The molecule has 0 bridgehead atoms. The van der Waals surface area contributed by atoms with Gasteiger partial charge in [-0.05, 0) is 65.8 Å². The second kappa shape index (κ2) is 4.85. The molecule has 0 spiro atoms. The van der Waals surface area contributed by atoms with Crippen molar-refractivity contribution in [3.63, 3.8) is 0 Å². The minimum Gasteiger partial charge on any atom is -0.384 e. The van der Waals surface area contributed by atoms with Crippen molar-refractivity contribution in [1.29, 1.82) is 0 Å². The summed E-state index contributed by atoms with van der Waals surface area (Å²) >= 11 is 4.00. The van der Waals surface area contributed by atoms with Crippen molar-refractivity contribution in [2.45, 2.75) is 20.0 Å². The van der Waals surface area contributed by atoms with E-state index in [9.17, 15) is 5.11 Å². The minimum absolute atomic E-state index is 0.498. The zero-order chi connectivity index (χ0) is 11.7. The van der Waals surface area contributed by atoms with E-state index in [2.05, 4.69) is 42.5 Å². The third-order valence-corrected chi connectivity index (χ3v) is 4.26. The van der Waals surface area contributed by atoms with Crippen LogP contribution in [0, 0.1) is 17.4 Å². The molecule has 0 amide bonds. The lowest BCUT2D eigenvalue weighted by molar-refractivity contribution is 0.220. The van der Waals surface area contributed by atoms with Crippen LogP contribution in [0.3, 0.4) is 0 Å². The van der Waals surface area contributed by atoms with E-state index < -0.39 is 6.10 Å². The summed E-state index contributed by atoms with van der Waals surface area (Å²) in [5, 5.41) is 10.3. The predicted octanol–water partition coefficient (Wildman–Crippen LogP) is 4.05. The fourth-order valence-corrected chi connectivity index (χ4v) is 3.06. The van der Waals surface area contributed by atoms with Crippen molar-refractivity contribution < 1.29 is 5.11 Å². The Hall–Kier alpha value is -0.390. The van der Waals surface area contributed by atoms with E-state index in [4.69, 9.17) is 0 Å². The van der Waals surface area contributed by atoms with Crippen LogP contribution in [-0.4, -0.2) is 5.11 Å². The molecule has 2 rings (SSSR count). The zero-order valence-electron chi connectivity index (χ0n) is 9.20. The molecule has 0 radical (unpaired) electrons. The fourth-order valence-electron chi connectivity index (χ4n) is 1.75. The van der Waals surface area contributed by atoms with Gasteiger partial charge in [-0.3, -0.25) is 0 Å². The molecule has 0 aliphatic heterocycles. The van der Waals surface area contributed by atoms with Crippen LogP contribution in [0.5, 0.6) is 0 Å². The summed E-state index contributed by atoms with van der Waals surface area (Å²) in [6.45, 7) is 4.13. The Bertz CT molecular complexity index is 487. The summed E-state index contributed by atoms with van der Waals surface area (Å²) in [7, 11) is 0. The van der Waals surface area contributed by atoms with Crippen LogP contribution in [0.1, 0.15) is 27.0 Å². The van der Waals surface area contributed by atoms with Crippen molar-refractivity contribution in [1.82, 2.24) is 0 Å². The Morgan fingerprint density at radius 3 is 2.31 bits per heavy atom.